The predicted molar refractivity (Wildman–Crippen MR) is 89.1 cm³/mol. The van der Waals surface area contributed by atoms with Crippen molar-refractivity contribution in [2.24, 2.45) is 5.92 Å². The number of rotatable bonds is 5. The molecule has 0 spiro atoms. The molecular formula is C18H22N4O2. The minimum Gasteiger partial charge on any atom is -0.461 e. The smallest absolute Gasteiger partial charge is 0.246 e. The summed E-state index contributed by atoms with van der Waals surface area (Å²) in [7, 11) is 1.78. The lowest BCUT2D eigenvalue weighted by molar-refractivity contribution is -0.125. The fourth-order valence-corrected chi connectivity index (χ4v) is 3.27. The third kappa shape index (κ3) is 2.88. The lowest BCUT2D eigenvalue weighted by atomic mass is 10.3. The van der Waals surface area contributed by atoms with Gasteiger partial charge in [-0.3, -0.25) is 4.79 Å². The maximum atomic E-state index is 12.3. The van der Waals surface area contributed by atoms with Crippen LogP contribution in [0.15, 0.2) is 22.6 Å². The minimum atomic E-state index is -0.0666. The standard InChI is InChI=1S/C18H22N4O2/c1-12-10-14(12)15-7-5-13(24-15)6-8-18(23)21(2)11-17-20-19-16-4-3-9-22(16)17/h5-8,12,14H,3-4,9-11H2,1-2H3/b8-6+/t12-,14+/m1/s1. The van der Waals surface area contributed by atoms with E-state index in [2.05, 4.69) is 21.7 Å². The van der Waals surface area contributed by atoms with E-state index >= 15 is 0 Å². The van der Waals surface area contributed by atoms with Gasteiger partial charge in [0, 0.05) is 32.0 Å². The molecule has 1 aliphatic carbocycles. The second-order valence-corrected chi connectivity index (χ2v) is 6.87. The Balaban J connectivity index is 1.37. The van der Waals surface area contributed by atoms with Crippen LogP contribution >= 0.6 is 0 Å². The molecule has 0 saturated heterocycles. The molecule has 0 radical (unpaired) electrons. The summed E-state index contributed by atoms with van der Waals surface area (Å²) in [6, 6.07) is 3.94. The van der Waals surface area contributed by atoms with E-state index in [1.165, 1.54) is 6.42 Å². The highest BCUT2D eigenvalue weighted by atomic mass is 16.3. The van der Waals surface area contributed by atoms with Gasteiger partial charge >= 0.3 is 0 Å². The summed E-state index contributed by atoms with van der Waals surface area (Å²) in [6.07, 6.45) is 6.58. The molecule has 0 unspecified atom stereocenters. The summed E-state index contributed by atoms with van der Waals surface area (Å²) in [5, 5.41) is 8.37. The van der Waals surface area contributed by atoms with Crippen LogP contribution in [0.2, 0.25) is 0 Å². The van der Waals surface area contributed by atoms with Crippen LogP contribution in [0.25, 0.3) is 6.08 Å². The van der Waals surface area contributed by atoms with E-state index in [4.69, 9.17) is 4.42 Å². The number of hydrogen-bond donors (Lipinski definition) is 0. The summed E-state index contributed by atoms with van der Waals surface area (Å²) >= 11 is 0. The van der Waals surface area contributed by atoms with Crippen LogP contribution in [0.4, 0.5) is 0 Å². The molecule has 0 N–H and O–H groups in total. The highest BCUT2D eigenvalue weighted by Crippen LogP contribution is 2.47. The zero-order chi connectivity index (χ0) is 16.7. The van der Waals surface area contributed by atoms with Crippen LogP contribution in [0.5, 0.6) is 0 Å². The molecular weight excluding hydrogens is 304 g/mol. The maximum absolute atomic E-state index is 12.3. The van der Waals surface area contributed by atoms with Crippen molar-refractivity contribution in [1.29, 1.82) is 0 Å². The molecule has 1 saturated carbocycles. The fraction of sp³-hybridized carbons (Fsp3) is 0.500. The predicted octanol–water partition coefficient (Wildman–Crippen LogP) is 2.61. The number of aromatic nitrogens is 3. The molecule has 0 aromatic carbocycles. The molecule has 1 fully saturated rings. The zero-order valence-corrected chi connectivity index (χ0v) is 14.1. The van der Waals surface area contributed by atoms with Crippen LogP contribution in [-0.4, -0.2) is 32.6 Å². The van der Waals surface area contributed by atoms with Crippen molar-refractivity contribution in [3.05, 3.63) is 41.4 Å². The largest absolute Gasteiger partial charge is 0.461 e. The van der Waals surface area contributed by atoms with Crippen molar-refractivity contribution in [2.75, 3.05) is 7.05 Å². The zero-order valence-electron chi connectivity index (χ0n) is 14.1. The van der Waals surface area contributed by atoms with Gasteiger partial charge in [-0.25, -0.2) is 0 Å². The number of furan rings is 1. The SMILES string of the molecule is C[C@@H]1C[C@@H]1c1ccc(/C=C/C(=O)N(C)Cc2nnc3n2CCC3)o1. The van der Waals surface area contributed by atoms with Crippen LogP contribution in [-0.2, 0) is 24.3 Å². The number of aryl methyl sites for hydroxylation is 1. The van der Waals surface area contributed by atoms with E-state index in [1.807, 2.05) is 12.1 Å². The van der Waals surface area contributed by atoms with Crippen molar-refractivity contribution in [3.8, 4) is 0 Å². The summed E-state index contributed by atoms with van der Waals surface area (Å²) in [5.41, 5.74) is 0. The van der Waals surface area contributed by atoms with Gasteiger partial charge in [0.25, 0.3) is 0 Å². The van der Waals surface area contributed by atoms with Crippen LogP contribution in [0, 0.1) is 5.92 Å². The quantitative estimate of drug-likeness (QED) is 0.792. The summed E-state index contributed by atoms with van der Waals surface area (Å²) in [6.45, 7) is 3.64. The van der Waals surface area contributed by atoms with E-state index in [0.29, 0.717) is 18.4 Å². The monoisotopic (exact) mass is 326 g/mol. The molecule has 126 valence electrons. The van der Waals surface area contributed by atoms with Gasteiger partial charge < -0.3 is 13.9 Å². The topological polar surface area (TPSA) is 64.2 Å². The molecule has 2 aromatic rings. The third-order valence-electron chi connectivity index (χ3n) is 4.95. The minimum absolute atomic E-state index is 0.0666. The van der Waals surface area contributed by atoms with E-state index in [-0.39, 0.29) is 5.91 Å². The second kappa shape index (κ2) is 5.92. The van der Waals surface area contributed by atoms with Crippen LogP contribution in [0.1, 0.15) is 48.9 Å². The molecule has 0 bridgehead atoms. The van der Waals surface area contributed by atoms with Crippen LogP contribution in [0.3, 0.4) is 0 Å². The van der Waals surface area contributed by atoms with Gasteiger partial charge in [-0.15, -0.1) is 10.2 Å². The number of amides is 1. The number of nitrogens with zero attached hydrogens (tertiary/aromatic N) is 4. The molecule has 2 aliphatic rings. The van der Waals surface area contributed by atoms with Gasteiger partial charge in [-0.1, -0.05) is 6.92 Å². The van der Waals surface area contributed by atoms with E-state index < -0.39 is 0 Å². The first-order chi connectivity index (χ1) is 11.6. The molecule has 2 aromatic heterocycles. The molecule has 6 heteroatoms. The Morgan fingerprint density at radius 3 is 3.08 bits per heavy atom. The normalized spacial score (nSPS) is 22.1. The Hall–Kier alpha value is -2.37. The first-order valence-electron chi connectivity index (χ1n) is 8.55. The van der Waals surface area contributed by atoms with Crippen molar-refractivity contribution < 1.29 is 9.21 Å². The average Bonchev–Trinajstić information content (AvgIpc) is 3.00. The molecule has 2 atom stereocenters. The Bertz CT molecular complexity index is 789. The van der Waals surface area contributed by atoms with Crippen molar-refractivity contribution in [2.45, 2.75) is 45.2 Å². The van der Waals surface area contributed by atoms with Gasteiger partial charge in [-0.05, 0) is 37.0 Å². The number of likely N-dealkylation sites (N-methyl/N-ethyl adjacent to an activating group) is 1. The van der Waals surface area contributed by atoms with Crippen molar-refractivity contribution in [3.63, 3.8) is 0 Å². The first-order valence-corrected chi connectivity index (χ1v) is 8.55. The first kappa shape index (κ1) is 15.2. The lowest BCUT2D eigenvalue weighted by Gasteiger charge is -2.14. The summed E-state index contributed by atoms with van der Waals surface area (Å²) in [5.74, 6) is 4.85. The maximum Gasteiger partial charge on any atom is 0.246 e. The van der Waals surface area contributed by atoms with Crippen molar-refractivity contribution >= 4 is 12.0 Å². The second-order valence-electron chi connectivity index (χ2n) is 6.87. The van der Waals surface area contributed by atoms with Gasteiger partial charge in [0.1, 0.15) is 17.3 Å². The van der Waals surface area contributed by atoms with Crippen LogP contribution < -0.4 is 0 Å². The number of hydrogen-bond acceptors (Lipinski definition) is 4. The average molecular weight is 326 g/mol. The molecule has 3 heterocycles. The van der Waals surface area contributed by atoms with E-state index in [0.717, 1.165) is 42.6 Å². The van der Waals surface area contributed by atoms with Gasteiger partial charge in [-0.2, -0.15) is 0 Å². The fourth-order valence-electron chi connectivity index (χ4n) is 3.27. The van der Waals surface area contributed by atoms with Gasteiger partial charge in [0.2, 0.25) is 5.91 Å². The summed E-state index contributed by atoms with van der Waals surface area (Å²) < 4.78 is 7.90. The Kier molecular flexibility index (Phi) is 3.75. The lowest BCUT2D eigenvalue weighted by Crippen LogP contribution is -2.25. The highest BCUT2D eigenvalue weighted by molar-refractivity contribution is 5.91. The molecule has 4 rings (SSSR count). The van der Waals surface area contributed by atoms with E-state index in [1.54, 1.807) is 24.1 Å². The van der Waals surface area contributed by atoms with E-state index in [9.17, 15) is 4.79 Å². The van der Waals surface area contributed by atoms with Gasteiger partial charge in [0.15, 0.2) is 5.82 Å². The highest BCUT2D eigenvalue weighted by Gasteiger charge is 2.36. The Morgan fingerprint density at radius 2 is 2.29 bits per heavy atom. The molecule has 6 nitrogen and oxygen atoms in total. The molecule has 1 aliphatic heterocycles. The van der Waals surface area contributed by atoms with Gasteiger partial charge in [0.05, 0.1) is 6.54 Å². The molecule has 1 amide bonds. The Morgan fingerprint density at radius 1 is 1.46 bits per heavy atom. The third-order valence-corrected chi connectivity index (χ3v) is 4.95. The summed E-state index contributed by atoms with van der Waals surface area (Å²) in [4.78, 5) is 13.9. The number of carbonyl (C=O) groups excluding carboxylic acids is 1. The molecule has 24 heavy (non-hydrogen) atoms. The van der Waals surface area contributed by atoms with Crippen molar-refractivity contribution in [1.82, 2.24) is 19.7 Å². The Labute approximate surface area is 141 Å². The number of carbonyl (C=O) groups is 1. The number of fused-ring (bicyclic) bond motifs is 1.